The van der Waals surface area contributed by atoms with Crippen molar-refractivity contribution in [2.45, 2.75) is 38.5 Å². The maximum atomic E-state index is 12.7. The zero-order chi connectivity index (χ0) is 15.3. The zero-order valence-electron chi connectivity index (χ0n) is 11.7. The zero-order valence-corrected chi connectivity index (χ0v) is 12.5. The fraction of sp³-hybridized carbons (Fsp3) is 0.692. The molecule has 0 aromatic carbocycles. The lowest BCUT2D eigenvalue weighted by molar-refractivity contribution is -0.153. The number of nitrogens with zero attached hydrogens (tertiary/aromatic N) is 1. The number of aliphatic hydroxyl groups excluding tert-OH is 1. The summed E-state index contributed by atoms with van der Waals surface area (Å²) in [7, 11) is 0. The summed E-state index contributed by atoms with van der Waals surface area (Å²) in [5.41, 5.74) is 6.98. The number of thiophene rings is 1. The number of hydrogen-bond acceptors (Lipinski definition) is 4. The Morgan fingerprint density at radius 3 is 2.50 bits per heavy atom. The second-order valence-corrected chi connectivity index (χ2v) is 5.74. The summed E-state index contributed by atoms with van der Waals surface area (Å²) < 4.78 is 38.2. The van der Waals surface area contributed by atoms with Gasteiger partial charge in [-0.05, 0) is 30.4 Å². The predicted octanol–water partition coefficient (Wildman–Crippen LogP) is 2.69. The molecule has 0 amide bonds. The van der Waals surface area contributed by atoms with Gasteiger partial charge in [-0.25, -0.2) is 0 Å². The third kappa shape index (κ3) is 4.73. The van der Waals surface area contributed by atoms with E-state index in [0.29, 0.717) is 6.42 Å². The smallest absolute Gasteiger partial charge is 0.395 e. The first kappa shape index (κ1) is 17.4. The van der Waals surface area contributed by atoms with E-state index in [9.17, 15) is 13.2 Å². The van der Waals surface area contributed by atoms with Gasteiger partial charge in [0.25, 0.3) is 0 Å². The van der Waals surface area contributed by atoms with Crippen molar-refractivity contribution >= 4 is 11.3 Å². The highest BCUT2D eigenvalue weighted by Gasteiger charge is 2.36. The normalized spacial score (nSPS) is 15.6. The van der Waals surface area contributed by atoms with Crippen molar-refractivity contribution in [1.82, 2.24) is 4.90 Å². The van der Waals surface area contributed by atoms with Crippen molar-refractivity contribution in [1.29, 1.82) is 0 Å². The number of alkyl halides is 3. The van der Waals surface area contributed by atoms with E-state index in [1.54, 1.807) is 0 Å². The summed E-state index contributed by atoms with van der Waals surface area (Å²) in [6.07, 6.45) is -3.74. The van der Waals surface area contributed by atoms with Crippen molar-refractivity contribution in [2.75, 3.05) is 19.7 Å². The highest BCUT2D eigenvalue weighted by atomic mass is 32.1. The molecule has 7 heteroatoms. The van der Waals surface area contributed by atoms with Gasteiger partial charge in [0.1, 0.15) is 0 Å². The number of aryl methyl sites for hydroxylation is 1. The van der Waals surface area contributed by atoms with Crippen molar-refractivity contribution in [3.05, 3.63) is 21.9 Å². The Kier molecular flexibility index (Phi) is 6.44. The maximum Gasteiger partial charge on any atom is 0.401 e. The largest absolute Gasteiger partial charge is 0.401 e. The molecule has 0 spiro atoms. The Balaban J connectivity index is 3.08. The number of rotatable bonds is 7. The number of aliphatic hydroxyl groups is 1. The standard InChI is InChI=1S/C13H21F3N2OS/c1-3-10(17)11(12-9(2)4-7-20-12)18(5-6-19)8-13(14,15)16/h4,7,10-11,19H,3,5-6,8,17H2,1-2H3. The molecule has 0 radical (unpaired) electrons. The van der Waals surface area contributed by atoms with Crippen LogP contribution in [0.4, 0.5) is 13.2 Å². The second kappa shape index (κ2) is 7.40. The molecule has 0 fully saturated rings. The molecule has 20 heavy (non-hydrogen) atoms. The molecular formula is C13H21F3N2OS. The van der Waals surface area contributed by atoms with Crippen molar-refractivity contribution in [2.24, 2.45) is 5.73 Å². The number of halogens is 3. The first-order chi connectivity index (χ1) is 9.30. The van der Waals surface area contributed by atoms with E-state index in [-0.39, 0.29) is 13.2 Å². The molecule has 1 heterocycles. The molecule has 2 atom stereocenters. The average Bonchev–Trinajstić information content (AvgIpc) is 2.74. The Hall–Kier alpha value is -0.630. The van der Waals surface area contributed by atoms with Crippen LogP contribution in [0, 0.1) is 6.92 Å². The summed E-state index contributed by atoms with van der Waals surface area (Å²) in [5.74, 6) is 0. The SMILES string of the molecule is CCC(N)C(c1sccc1C)N(CCO)CC(F)(F)F. The molecule has 116 valence electrons. The monoisotopic (exact) mass is 310 g/mol. The first-order valence-electron chi connectivity index (χ1n) is 6.51. The summed E-state index contributed by atoms with van der Waals surface area (Å²) in [6.45, 7) is 2.28. The van der Waals surface area contributed by atoms with E-state index in [0.717, 1.165) is 10.4 Å². The molecule has 1 aromatic heterocycles. The van der Waals surface area contributed by atoms with Crippen LogP contribution in [0.2, 0.25) is 0 Å². The summed E-state index contributed by atoms with van der Waals surface area (Å²) >= 11 is 1.41. The minimum atomic E-state index is -4.31. The van der Waals surface area contributed by atoms with Gasteiger partial charge in [0.15, 0.2) is 0 Å². The number of nitrogens with two attached hydrogens (primary N) is 1. The molecule has 0 saturated heterocycles. The Bertz CT molecular complexity index is 409. The minimum Gasteiger partial charge on any atom is -0.395 e. The molecule has 3 nitrogen and oxygen atoms in total. The lowest BCUT2D eigenvalue weighted by atomic mass is 10.0. The molecule has 3 N–H and O–H groups in total. The maximum absolute atomic E-state index is 12.7. The Morgan fingerprint density at radius 1 is 1.45 bits per heavy atom. The van der Waals surface area contributed by atoms with Crippen LogP contribution in [0.25, 0.3) is 0 Å². The van der Waals surface area contributed by atoms with Crippen LogP contribution < -0.4 is 5.73 Å². The van der Waals surface area contributed by atoms with E-state index in [1.165, 1.54) is 16.2 Å². The Labute approximate surface area is 121 Å². The van der Waals surface area contributed by atoms with Crippen LogP contribution in [0.5, 0.6) is 0 Å². The lowest BCUT2D eigenvalue weighted by Gasteiger charge is -2.35. The van der Waals surface area contributed by atoms with E-state index in [2.05, 4.69) is 0 Å². The highest BCUT2D eigenvalue weighted by Crippen LogP contribution is 2.33. The lowest BCUT2D eigenvalue weighted by Crippen LogP contribution is -2.46. The third-order valence-electron chi connectivity index (χ3n) is 3.21. The highest BCUT2D eigenvalue weighted by molar-refractivity contribution is 7.10. The van der Waals surface area contributed by atoms with Gasteiger partial charge >= 0.3 is 6.18 Å². The van der Waals surface area contributed by atoms with Gasteiger partial charge in [-0.3, -0.25) is 4.90 Å². The first-order valence-corrected chi connectivity index (χ1v) is 7.39. The van der Waals surface area contributed by atoms with Gasteiger partial charge in [-0.15, -0.1) is 11.3 Å². The second-order valence-electron chi connectivity index (χ2n) is 4.79. The van der Waals surface area contributed by atoms with Gasteiger partial charge in [-0.2, -0.15) is 13.2 Å². The van der Waals surface area contributed by atoms with Crippen LogP contribution in [0.1, 0.15) is 29.8 Å². The topological polar surface area (TPSA) is 49.5 Å². The summed E-state index contributed by atoms with van der Waals surface area (Å²) in [5, 5.41) is 10.9. The molecule has 0 aliphatic rings. The molecular weight excluding hydrogens is 289 g/mol. The molecule has 1 aromatic rings. The van der Waals surface area contributed by atoms with Crippen LogP contribution in [0.3, 0.4) is 0 Å². The van der Waals surface area contributed by atoms with Gasteiger partial charge in [-0.1, -0.05) is 6.92 Å². The molecule has 2 unspecified atom stereocenters. The molecule has 0 aliphatic carbocycles. The van der Waals surface area contributed by atoms with Crippen molar-refractivity contribution in [3.8, 4) is 0 Å². The van der Waals surface area contributed by atoms with Crippen molar-refractivity contribution < 1.29 is 18.3 Å². The van der Waals surface area contributed by atoms with Crippen LogP contribution in [0.15, 0.2) is 11.4 Å². The van der Waals surface area contributed by atoms with Crippen LogP contribution >= 0.6 is 11.3 Å². The quantitative estimate of drug-likeness (QED) is 0.814. The van der Waals surface area contributed by atoms with E-state index in [4.69, 9.17) is 10.8 Å². The molecule has 0 saturated carbocycles. The van der Waals surface area contributed by atoms with Gasteiger partial charge < -0.3 is 10.8 Å². The fourth-order valence-electron chi connectivity index (χ4n) is 2.22. The minimum absolute atomic E-state index is 0.0464. The average molecular weight is 310 g/mol. The molecule has 0 bridgehead atoms. The van der Waals surface area contributed by atoms with Crippen molar-refractivity contribution in [3.63, 3.8) is 0 Å². The van der Waals surface area contributed by atoms with Gasteiger partial charge in [0, 0.05) is 17.5 Å². The fourth-order valence-corrected chi connectivity index (χ4v) is 3.35. The van der Waals surface area contributed by atoms with E-state index < -0.39 is 24.8 Å². The summed E-state index contributed by atoms with van der Waals surface area (Å²) in [6, 6.07) is 0.954. The van der Waals surface area contributed by atoms with Gasteiger partial charge in [0.05, 0.1) is 19.2 Å². The van der Waals surface area contributed by atoms with E-state index >= 15 is 0 Å². The van der Waals surface area contributed by atoms with E-state index in [1.807, 2.05) is 25.3 Å². The van der Waals surface area contributed by atoms with Crippen LogP contribution in [-0.2, 0) is 0 Å². The summed E-state index contributed by atoms with van der Waals surface area (Å²) in [4.78, 5) is 2.07. The van der Waals surface area contributed by atoms with Crippen LogP contribution in [-0.4, -0.2) is 41.9 Å². The molecule has 1 rings (SSSR count). The van der Waals surface area contributed by atoms with Gasteiger partial charge in [0.2, 0.25) is 0 Å². The number of hydrogen-bond donors (Lipinski definition) is 2. The third-order valence-corrected chi connectivity index (χ3v) is 4.30. The predicted molar refractivity (Wildman–Crippen MR) is 74.8 cm³/mol. The Morgan fingerprint density at radius 2 is 2.10 bits per heavy atom. The molecule has 0 aliphatic heterocycles.